The molecule has 3 rings (SSSR count). The maximum atomic E-state index is 5.96. The van der Waals surface area contributed by atoms with Gasteiger partial charge in [0.25, 0.3) is 0 Å². The first kappa shape index (κ1) is 9.02. The van der Waals surface area contributed by atoms with E-state index in [2.05, 4.69) is 19.9 Å². The normalized spacial score (nSPS) is 21.3. The van der Waals surface area contributed by atoms with Crippen molar-refractivity contribution in [2.75, 3.05) is 6.61 Å². The van der Waals surface area contributed by atoms with Crippen molar-refractivity contribution in [3.05, 3.63) is 17.3 Å². The lowest BCUT2D eigenvalue weighted by Gasteiger charge is -2.04. The molecule has 0 aromatic carbocycles. The zero-order valence-corrected chi connectivity index (χ0v) is 8.36. The average molecular weight is 227 g/mol. The molecule has 0 amide bonds. The summed E-state index contributed by atoms with van der Waals surface area (Å²) in [5.74, 6) is 0.511. The van der Waals surface area contributed by atoms with Crippen LogP contribution in [0.2, 0.25) is 5.15 Å². The fourth-order valence-corrected chi connectivity index (χ4v) is 1.69. The van der Waals surface area contributed by atoms with E-state index < -0.39 is 0 Å². The lowest BCUT2D eigenvalue weighted by atomic mass is 10.2. The van der Waals surface area contributed by atoms with Gasteiger partial charge in [-0.05, 0) is 0 Å². The van der Waals surface area contributed by atoms with Crippen molar-refractivity contribution < 1.29 is 9.78 Å². The van der Waals surface area contributed by atoms with Crippen LogP contribution in [0, 0.1) is 0 Å². The second kappa shape index (κ2) is 3.41. The van der Waals surface area contributed by atoms with Gasteiger partial charge in [-0.25, -0.2) is 24.7 Å². The second-order valence-electron chi connectivity index (χ2n) is 3.17. The molecule has 2 aromatic heterocycles. The predicted molar refractivity (Wildman–Crippen MR) is 51.1 cm³/mol. The fourth-order valence-electron chi connectivity index (χ4n) is 1.46. The van der Waals surface area contributed by atoms with E-state index in [0.29, 0.717) is 28.7 Å². The smallest absolute Gasteiger partial charge is 0.182 e. The molecule has 0 aliphatic carbocycles. The molecule has 78 valence electrons. The second-order valence-corrected chi connectivity index (χ2v) is 3.53. The van der Waals surface area contributed by atoms with Gasteiger partial charge in [0.15, 0.2) is 22.7 Å². The van der Waals surface area contributed by atoms with Crippen molar-refractivity contribution in [1.82, 2.24) is 19.9 Å². The highest BCUT2D eigenvalue weighted by atomic mass is 35.5. The highest BCUT2D eigenvalue weighted by Crippen LogP contribution is 2.26. The molecule has 6 nitrogen and oxygen atoms in total. The third-order valence-corrected chi connectivity index (χ3v) is 2.47. The van der Waals surface area contributed by atoms with Crippen molar-refractivity contribution >= 4 is 22.8 Å². The molecular formula is C8H7ClN4O2. The number of fused-ring (bicyclic) bond motifs is 1. The summed E-state index contributed by atoms with van der Waals surface area (Å²) in [6.07, 6.45) is 2.01. The molecule has 1 aliphatic heterocycles. The minimum atomic E-state index is -0.247. The van der Waals surface area contributed by atoms with E-state index in [1.807, 2.05) is 0 Å². The van der Waals surface area contributed by atoms with Crippen LogP contribution in [0.4, 0.5) is 0 Å². The lowest BCUT2D eigenvalue weighted by molar-refractivity contribution is -0.278. The SMILES string of the molecule is Clc1nc(C2CCOO2)nc2nc[nH]c12. The highest BCUT2D eigenvalue weighted by Gasteiger charge is 2.24. The van der Waals surface area contributed by atoms with Crippen molar-refractivity contribution in [2.45, 2.75) is 12.5 Å². The lowest BCUT2D eigenvalue weighted by Crippen LogP contribution is -2.03. The fraction of sp³-hybridized carbons (Fsp3) is 0.375. The van der Waals surface area contributed by atoms with Gasteiger partial charge in [-0.15, -0.1) is 0 Å². The summed E-state index contributed by atoms with van der Waals surface area (Å²) >= 11 is 5.96. The first-order valence-electron chi connectivity index (χ1n) is 4.49. The van der Waals surface area contributed by atoms with Gasteiger partial charge in [-0.1, -0.05) is 11.6 Å². The Labute approximate surface area is 89.5 Å². The van der Waals surface area contributed by atoms with E-state index in [9.17, 15) is 0 Å². The predicted octanol–water partition coefficient (Wildman–Crippen LogP) is 1.40. The van der Waals surface area contributed by atoms with Crippen molar-refractivity contribution in [2.24, 2.45) is 0 Å². The Morgan fingerprint density at radius 3 is 3.20 bits per heavy atom. The van der Waals surface area contributed by atoms with E-state index in [4.69, 9.17) is 21.4 Å². The molecule has 15 heavy (non-hydrogen) atoms. The summed E-state index contributed by atoms with van der Waals surface area (Å²) in [5.41, 5.74) is 1.18. The molecule has 1 unspecified atom stereocenters. The number of aromatic nitrogens is 4. The minimum absolute atomic E-state index is 0.247. The number of imidazole rings is 1. The first-order valence-corrected chi connectivity index (χ1v) is 4.87. The van der Waals surface area contributed by atoms with E-state index in [1.54, 1.807) is 0 Å². The van der Waals surface area contributed by atoms with E-state index in [1.165, 1.54) is 6.33 Å². The number of nitrogens with zero attached hydrogens (tertiary/aromatic N) is 3. The van der Waals surface area contributed by atoms with E-state index in [0.717, 1.165) is 6.42 Å². The molecule has 1 N–H and O–H groups in total. The van der Waals surface area contributed by atoms with Crippen LogP contribution in [-0.4, -0.2) is 26.5 Å². The molecule has 0 bridgehead atoms. The Morgan fingerprint density at radius 1 is 1.47 bits per heavy atom. The van der Waals surface area contributed by atoms with Crippen LogP contribution in [-0.2, 0) is 9.78 Å². The topological polar surface area (TPSA) is 72.9 Å². The summed E-state index contributed by atoms with van der Waals surface area (Å²) in [5, 5.41) is 0.350. The van der Waals surface area contributed by atoms with Gasteiger partial charge in [0, 0.05) is 6.42 Å². The van der Waals surface area contributed by atoms with Crippen LogP contribution in [0.25, 0.3) is 11.2 Å². The van der Waals surface area contributed by atoms with Gasteiger partial charge in [0.1, 0.15) is 5.52 Å². The van der Waals surface area contributed by atoms with Gasteiger partial charge in [0.05, 0.1) is 12.9 Å². The number of H-pyrrole nitrogens is 1. The molecule has 1 aliphatic rings. The molecule has 0 spiro atoms. The monoisotopic (exact) mass is 226 g/mol. The van der Waals surface area contributed by atoms with Gasteiger partial charge in [0.2, 0.25) is 0 Å². The van der Waals surface area contributed by atoms with Gasteiger partial charge in [-0.2, -0.15) is 0 Å². The molecule has 2 aromatic rings. The molecular weight excluding hydrogens is 220 g/mol. The van der Waals surface area contributed by atoms with Crippen LogP contribution >= 0.6 is 11.6 Å². The number of aromatic amines is 1. The van der Waals surface area contributed by atoms with E-state index in [-0.39, 0.29) is 6.10 Å². The summed E-state index contributed by atoms with van der Waals surface area (Å²) in [6, 6.07) is 0. The number of hydrogen-bond acceptors (Lipinski definition) is 5. The van der Waals surface area contributed by atoms with Crippen LogP contribution in [0.15, 0.2) is 6.33 Å². The van der Waals surface area contributed by atoms with Crippen LogP contribution < -0.4 is 0 Å². The highest BCUT2D eigenvalue weighted by molar-refractivity contribution is 6.33. The zero-order chi connectivity index (χ0) is 10.3. The van der Waals surface area contributed by atoms with E-state index >= 15 is 0 Å². The Balaban J connectivity index is 2.11. The van der Waals surface area contributed by atoms with Crippen LogP contribution in [0.3, 0.4) is 0 Å². The quantitative estimate of drug-likeness (QED) is 0.588. The largest absolute Gasteiger partial charge is 0.341 e. The molecule has 7 heteroatoms. The Kier molecular flexibility index (Phi) is 2.05. The molecule has 1 fully saturated rings. The summed E-state index contributed by atoms with van der Waals surface area (Å²) in [7, 11) is 0. The average Bonchev–Trinajstić information content (AvgIpc) is 2.88. The van der Waals surface area contributed by atoms with Gasteiger partial charge in [-0.3, -0.25) is 0 Å². The maximum Gasteiger partial charge on any atom is 0.182 e. The molecule has 3 heterocycles. The Hall–Kier alpha value is -1.24. The van der Waals surface area contributed by atoms with Crippen molar-refractivity contribution in [3.8, 4) is 0 Å². The van der Waals surface area contributed by atoms with Gasteiger partial charge >= 0.3 is 0 Å². The summed E-state index contributed by atoms with van der Waals surface area (Å²) in [6.45, 7) is 0.546. The van der Waals surface area contributed by atoms with Crippen LogP contribution in [0.5, 0.6) is 0 Å². The third-order valence-electron chi connectivity index (χ3n) is 2.19. The summed E-state index contributed by atoms with van der Waals surface area (Å²) in [4.78, 5) is 25.0. The molecule has 0 radical (unpaired) electrons. The number of hydrogen-bond donors (Lipinski definition) is 1. The van der Waals surface area contributed by atoms with Crippen molar-refractivity contribution in [3.63, 3.8) is 0 Å². The standard InChI is InChI=1S/C8H7ClN4O2/c9-6-5-8(11-3-10-5)13-7(12-6)4-1-2-14-15-4/h3-4H,1-2H2,(H,10,11,12,13). The molecule has 1 atom stereocenters. The van der Waals surface area contributed by atoms with Gasteiger partial charge < -0.3 is 4.98 Å². The summed E-state index contributed by atoms with van der Waals surface area (Å²) < 4.78 is 0. The maximum absolute atomic E-state index is 5.96. The first-order chi connectivity index (χ1) is 7.34. The number of rotatable bonds is 1. The molecule has 0 saturated carbocycles. The van der Waals surface area contributed by atoms with Crippen LogP contribution in [0.1, 0.15) is 18.3 Å². The Morgan fingerprint density at radius 2 is 2.40 bits per heavy atom. The number of nitrogens with one attached hydrogen (secondary N) is 1. The third kappa shape index (κ3) is 1.46. The zero-order valence-electron chi connectivity index (χ0n) is 7.61. The Bertz CT molecular complexity index is 494. The van der Waals surface area contributed by atoms with Crippen molar-refractivity contribution in [1.29, 1.82) is 0 Å². The minimum Gasteiger partial charge on any atom is -0.341 e. The number of halogens is 1. The molecule has 1 saturated heterocycles.